The number of aromatic nitrogens is 2. The van der Waals surface area contributed by atoms with Crippen molar-refractivity contribution in [2.75, 3.05) is 17.7 Å². The van der Waals surface area contributed by atoms with Gasteiger partial charge in [0.15, 0.2) is 0 Å². The maximum absolute atomic E-state index is 13.3. The number of H-pyrrole nitrogens is 1. The van der Waals surface area contributed by atoms with Gasteiger partial charge in [0, 0.05) is 48.2 Å². The Morgan fingerprint density at radius 1 is 1.14 bits per heavy atom. The first-order chi connectivity index (χ1) is 17.8. The molecule has 0 bridgehead atoms. The molecule has 2 aromatic heterocycles. The summed E-state index contributed by atoms with van der Waals surface area (Å²) in [5.41, 5.74) is 5.15. The molecule has 2 amide bonds. The van der Waals surface area contributed by atoms with Gasteiger partial charge in [0.1, 0.15) is 11.6 Å². The number of hydrogen-bond acceptors (Lipinski definition) is 4. The van der Waals surface area contributed by atoms with Gasteiger partial charge in [0.25, 0.3) is 11.8 Å². The van der Waals surface area contributed by atoms with Gasteiger partial charge in [0.05, 0.1) is 16.9 Å². The third kappa shape index (κ3) is 4.73. The molecule has 1 aliphatic rings. The molecule has 0 saturated heterocycles. The number of likely N-dealkylation sites (N-methyl/N-ethyl adjacent to an activating group) is 1. The van der Waals surface area contributed by atoms with Crippen LogP contribution in [0.1, 0.15) is 28.5 Å². The first-order valence-electron chi connectivity index (χ1n) is 11.9. The highest BCUT2D eigenvalue weighted by Gasteiger charge is 2.33. The Hall–Kier alpha value is -4.72. The van der Waals surface area contributed by atoms with Gasteiger partial charge >= 0.3 is 0 Å². The minimum atomic E-state index is -0.449. The summed E-state index contributed by atoms with van der Waals surface area (Å²) in [5.74, 6) is -0.581. The summed E-state index contributed by atoms with van der Waals surface area (Å²) in [5, 5.41) is 6.18. The van der Waals surface area contributed by atoms with Gasteiger partial charge in [-0.25, -0.2) is 9.37 Å². The molecule has 2 aromatic carbocycles. The second kappa shape index (κ2) is 9.73. The molecule has 7 nitrogen and oxygen atoms in total. The van der Waals surface area contributed by atoms with Crippen LogP contribution < -0.4 is 10.6 Å². The van der Waals surface area contributed by atoms with Crippen LogP contribution >= 0.6 is 0 Å². The lowest BCUT2D eigenvalue weighted by molar-refractivity contribution is -0.111. The standard InChI is InChI=1S/C29H26FN5O2/c1-17-15-23-25(29(37)35(17)3)27(32-22-7-5-4-6-8-22)26(33-23)20-13-14-31-24(16-20)34-28(36)18(2)19-9-11-21(30)12-10-19/h4-14,16-17,32-33H,2,15H2,1,3H3,(H,31,34,36)/t17-/m0/s1. The SMILES string of the molecule is C=C(C(=O)Nc1cc(-c2[nH]c3c(c2Nc2ccccc2)C(=O)N(C)[C@@H](C)C3)ccn1)c1ccc(F)cc1. The zero-order valence-corrected chi connectivity index (χ0v) is 20.5. The molecule has 8 heteroatoms. The lowest BCUT2D eigenvalue weighted by Gasteiger charge is -2.30. The van der Waals surface area contributed by atoms with Gasteiger partial charge in [-0.2, -0.15) is 0 Å². The first-order valence-corrected chi connectivity index (χ1v) is 11.9. The molecule has 3 heterocycles. The van der Waals surface area contributed by atoms with Gasteiger partial charge in [-0.05, 0) is 48.9 Å². The minimum Gasteiger partial charge on any atom is -0.356 e. The van der Waals surface area contributed by atoms with Crippen molar-refractivity contribution in [2.24, 2.45) is 0 Å². The maximum atomic E-state index is 13.3. The number of aromatic amines is 1. The summed E-state index contributed by atoms with van der Waals surface area (Å²) in [6.07, 6.45) is 2.28. The summed E-state index contributed by atoms with van der Waals surface area (Å²) in [6.45, 7) is 5.85. The number of amides is 2. The van der Waals surface area contributed by atoms with Gasteiger partial charge < -0.3 is 20.5 Å². The van der Waals surface area contributed by atoms with Crippen LogP contribution in [0.5, 0.6) is 0 Å². The number of carbonyl (C=O) groups excluding carboxylic acids is 2. The van der Waals surface area contributed by atoms with Gasteiger partial charge in [-0.1, -0.05) is 36.9 Å². The predicted molar refractivity (Wildman–Crippen MR) is 143 cm³/mol. The molecule has 0 unspecified atom stereocenters. The van der Waals surface area contributed by atoms with Crippen LogP contribution in [0.4, 0.5) is 21.6 Å². The zero-order chi connectivity index (χ0) is 26.1. The summed E-state index contributed by atoms with van der Waals surface area (Å²) in [7, 11) is 1.81. The number of pyridine rings is 1. The topological polar surface area (TPSA) is 90.1 Å². The number of carbonyl (C=O) groups is 2. The van der Waals surface area contributed by atoms with Crippen LogP contribution in [-0.4, -0.2) is 39.8 Å². The summed E-state index contributed by atoms with van der Waals surface area (Å²) in [6, 6.07) is 18.8. The average molecular weight is 496 g/mol. The molecule has 0 fully saturated rings. The van der Waals surface area contributed by atoms with Crippen molar-refractivity contribution in [1.82, 2.24) is 14.9 Å². The number of fused-ring (bicyclic) bond motifs is 1. The van der Waals surface area contributed by atoms with Crippen molar-refractivity contribution < 1.29 is 14.0 Å². The highest BCUT2D eigenvalue weighted by atomic mass is 19.1. The van der Waals surface area contributed by atoms with Crippen LogP contribution in [0, 0.1) is 5.82 Å². The number of anilines is 3. The number of para-hydroxylation sites is 1. The normalized spacial score (nSPS) is 14.7. The van der Waals surface area contributed by atoms with Gasteiger partial charge in [0.2, 0.25) is 0 Å². The van der Waals surface area contributed by atoms with E-state index >= 15 is 0 Å². The fourth-order valence-electron chi connectivity index (χ4n) is 4.39. The van der Waals surface area contributed by atoms with E-state index in [1.54, 1.807) is 17.2 Å². The van der Waals surface area contributed by atoms with E-state index in [2.05, 4.69) is 27.2 Å². The summed E-state index contributed by atoms with van der Waals surface area (Å²) < 4.78 is 13.3. The number of rotatable bonds is 6. The molecular weight excluding hydrogens is 469 g/mol. The van der Waals surface area contributed by atoms with E-state index < -0.39 is 5.91 Å². The average Bonchev–Trinajstić information content (AvgIpc) is 3.25. The molecule has 37 heavy (non-hydrogen) atoms. The Bertz CT molecular complexity index is 1490. The fourth-order valence-corrected chi connectivity index (χ4v) is 4.39. The molecule has 0 aliphatic carbocycles. The molecule has 1 aliphatic heterocycles. The minimum absolute atomic E-state index is 0.0563. The molecule has 0 radical (unpaired) electrons. The third-order valence-electron chi connectivity index (χ3n) is 6.57. The van der Waals surface area contributed by atoms with E-state index in [1.165, 1.54) is 24.3 Å². The van der Waals surface area contributed by atoms with Crippen LogP contribution in [0.2, 0.25) is 0 Å². The third-order valence-corrected chi connectivity index (χ3v) is 6.57. The molecule has 0 spiro atoms. The maximum Gasteiger partial charge on any atom is 0.257 e. The first kappa shape index (κ1) is 24.0. The molecule has 4 aromatic rings. The Balaban J connectivity index is 1.50. The second-order valence-electron chi connectivity index (χ2n) is 9.06. The highest BCUT2D eigenvalue weighted by Crippen LogP contribution is 2.39. The number of halogens is 1. The predicted octanol–water partition coefficient (Wildman–Crippen LogP) is 5.63. The molecule has 186 valence electrons. The van der Waals surface area contributed by atoms with Crippen molar-refractivity contribution in [1.29, 1.82) is 0 Å². The Morgan fingerprint density at radius 2 is 1.86 bits per heavy atom. The summed E-state index contributed by atoms with van der Waals surface area (Å²) >= 11 is 0. The molecule has 0 saturated carbocycles. The second-order valence-corrected chi connectivity index (χ2v) is 9.06. The van der Waals surface area contributed by atoms with Crippen molar-refractivity contribution in [3.8, 4) is 11.3 Å². The van der Waals surface area contributed by atoms with E-state index in [1.807, 2.05) is 50.4 Å². The molecular formula is C29H26FN5O2. The van der Waals surface area contributed by atoms with Gasteiger partial charge in [-0.15, -0.1) is 0 Å². The van der Waals surface area contributed by atoms with Crippen molar-refractivity contribution in [3.05, 3.63) is 102 Å². The largest absolute Gasteiger partial charge is 0.356 e. The fraction of sp³-hybridized carbons (Fsp3) is 0.138. The lowest BCUT2D eigenvalue weighted by atomic mass is 9.99. The molecule has 5 rings (SSSR count). The van der Waals surface area contributed by atoms with Gasteiger partial charge in [-0.3, -0.25) is 9.59 Å². The van der Waals surface area contributed by atoms with Crippen LogP contribution in [0.25, 0.3) is 16.8 Å². The smallest absolute Gasteiger partial charge is 0.257 e. The number of nitrogens with zero attached hydrogens (tertiary/aromatic N) is 2. The van der Waals surface area contributed by atoms with E-state index in [-0.39, 0.29) is 23.3 Å². The highest BCUT2D eigenvalue weighted by molar-refractivity contribution is 6.24. The Labute approximate surface area is 214 Å². The van der Waals surface area contributed by atoms with E-state index in [0.717, 1.165) is 22.6 Å². The molecule has 3 N–H and O–H groups in total. The Kier molecular flexibility index (Phi) is 6.31. The van der Waals surface area contributed by atoms with E-state index in [4.69, 9.17) is 0 Å². The molecule has 1 atom stereocenters. The number of benzene rings is 2. The van der Waals surface area contributed by atoms with Crippen LogP contribution in [0.15, 0.2) is 79.5 Å². The van der Waals surface area contributed by atoms with Crippen molar-refractivity contribution in [3.63, 3.8) is 0 Å². The quantitative estimate of drug-likeness (QED) is 0.303. The van der Waals surface area contributed by atoms with E-state index in [9.17, 15) is 14.0 Å². The van der Waals surface area contributed by atoms with Crippen molar-refractivity contribution in [2.45, 2.75) is 19.4 Å². The van der Waals surface area contributed by atoms with E-state index in [0.29, 0.717) is 29.1 Å². The Morgan fingerprint density at radius 3 is 2.59 bits per heavy atom. The zero-order valence-electron chi connectivity index (χ0n) is 20.5. The lowest BCUT2D eigenvalue weighted by Crippen LogP contribution is -2.41. The number of hydrogen-bond donors (Lipinski definition) is 3. The van der Waals surface area contributed by atoms with Crippen LogP contribution in [0.3, 0.4) is 0 Å². The summed E-state index contributed by atoms with van der Waals surface area (Å²) in [4.78, 5) is 35.6. The van der Waals surface area contributed by atoms with Crippen molar-refractivity contribution >= 4 is 34.6 Å². The monoisotopic (exact) mass is 495 g/mol. The number of nitrogens with one attached hydrogen (secondary N) is 3. The van der Waals surface area contributed by atoms with Crippen LogP contribution in [-0.2, 0) is 11.2 Å².